The van der Waals surface area contributed by atoms with Crippen LogP contribution in [-0.4, -0.2) is 34.9 Å². The maximum atomic E-state index is 10.7. The lowest BCUT2D eigenvalue weighted by Crippen LogP contribution is -2.47. The summed E-state index contributed by atoms with van der Waals surface area (Å²) >= 11 is 0. The van der Waals surface area contributed by atoms with E-state index in [1.807, 2.05) is 30.3 Å². The topological polar surface area (TPSA) is 60.8 Å². The summed E-state index contributed by atoms with van der Waals surface area (Å²) in [6, 6.07) is 9.81. The zero-order valence-corrected chi connectivity index (χ0v) is 10.3. The first kappa shape index (κ1) is 12.9. The van der Waals surface area contributed by atoms with Crippen molar-refractivity contribution < 1.29 is 15.0 Å². The number of aliphatic hydroxyl groups excluding tert-OH is 1. The highest BCUT2D eigenvalue weighted by atomic mass is 16.4. The van der Waals surface area contributed by atoms with Crippen molar-refractivity contribution in [2.24, 2.45) is 0 Å². The van der Waals surface area contributed by atoms with Crippen LogP contribution in [-0.2, 0) is 4.79 Å². The van der Waals surface area contributed by atoms with Gasteiger partial charge in [0.15, 0.2) is 0 Å². The summed E-state index contributed by atoms with van der Waals surface area (Å²) in [5.41, 5.74) is 1.06. The summed E-state index contributed by atoms with van der Waals surface area (Å²) in [5, 5.41) is 18.8. The molecular formula is C14H19NO3. The summed E-state index contributed by atoms with van der Waals surface area (Å²) in [4.78, 5) is 12.9. The average molecular weight is 249 g/mol. The predicted octanol–water partition coefficient (Wildman–Crippen LogP) is 1.88. The molecule has 0 saturated carbocycles. The number of aliphatic carboxylic acids is 1. The maximum Gasteiger partial charge on any atom is 0.306 e. The van der Waals surface area contributed by atoms with E-state index in [1.54, 1.807) is 0 Å². The summed E-state index contributed by atoms with van der Waals surface area (Å²) in [5.74, 6) is -0.943. The Morgan fingerprint density at radius 3 is 2.72 bits per heavy atom. The van der Waals surface area contributed by atoms with Crippen molar-refractivity contribution in [1.29, 1.82) is 0 Å². The number of carbonyl (C=O) groups is 1. The molecule has 4 heteroatoms. The molecule has 0 aromatic heterocycles. The van der Waals surface area contributed by atoms with E-state index in [-0.39, 0.29) is 12.5 Å². The molecule has 0 radical (unpaired) electrons. The van der Waals surface area contributed by atoms with Crippen LogP contribution in [0, 0.1) is 0 Å². The van der Waals surface area contributed by atoms with Gasteiger partial charge in [0.05, 0.1) is 18.6 Å². The molecule has 1 aliphatic heterocycles. The van der Waals surface area contributed by atoms with Crippen molar-refractivity contribution in [3.63, 3.8) is 0 Å². The van der Waals surface area contributed by atoms with E-state index in [4.69, 9.17) is 5.11 Å². The largest absolute Gasteiger partial charge is 0.481 e. The lowest BCUT2D eigenvalue weighted by Gasteiger charge is -2.39. The lowest BCUT2D eigenvalue weighted by molar-refractivity contribution is -0.139. The van der Waals surface area contributed by atoms with E-state index >= 15 is 0 Å². The van der Waals surface area contributed by atoms with Gasteiger partial charge in [0.1, 0.15) is 0 Å². The maximum absolute atomic E-state index is 10.7. The number of hydrogen-bond donors (Lipinski definition) is 2. The van der Waals surface area contributed by atoms with E-state index in [0.717, 1.165) is 31.5 Å². The molecule has 1 aliphatic rings. The molecule has 2 rings (SSSR count). The van der Waals surface area contributed by atoms with Crippen LogP contribution in [0.2, 0.25) is 0 Å². The highest BCUT2D eigenvalue weighted by molar-refractivity contribution is 5.67. The minimum atomic E-state index is -0.943. The number of carboxylic acids is 1. The average Bonchev–Trinajstić information content (AvgIpc) is 2.39. The molecule has 0 spiro atoms. The first-order valence-electron chi connectivity index (χ1n) is 6.40. The van der Waals surface area contributed by atoms with E-state index in [1.165, 1.54) is 0 Å². The van der Waals surface area contributed by atoms with Crippen LogP contribution in [0.1, 0.15) is 25.7 Å². The second-order valence-corrected chi connectivity index (χ2v) is 4.76. The van der Waals surface area contributed by atoms with Gasteiger partial charge < -0.3 is 15.1 Å². The molecule has 1 fully saturated rings. The van der Waals surface area contributed by atoms with Gasteiger partial charge in [-0.2, -0.15) is 0 Å². The molecule has 2 atom stereocenters. The van der Waals surface area contributed by atoms with Crippen LogP contribution in [0.15, 0.2) is 30.3 Å². The first-order chi connectivity index (χ1) is 8.68. The Labute approximate surface area is 107 Å². The first-order valence-corrected chi connectivity index (χ1v) is 6.40. The minimum absolute atomic E-state index is 0.0859. The summed E-state index contributed by atoms with van der Waals surface area (Å²) in [6.45, 7) is 0.880. The van der Waals surface area contributed by atoms with Crippen molar-refractivity contribution in [2.75, 3.05) is 11.4 Å². The van der Waals surface area contributed by atoms with E-state index < -0.39 is 12.1 Å². The van der Waals surface area contributed by atoms with Crippen molar-refractivity contribution in [1.82, 2.24) is 0 Å². The third kappa shape index (κ3) is 3.01. The number of para-hydroxylation sites is 1. The monoisotopic (exact) mass is 249 g/mol. The Bertz CT molecular complexity index is 393. The fraction of sp³-hybridized carbons (Fsp3) is 0.500. The molecule has 1 saturated heterocycles. The molecule has 0 amide bonds. The molecule has 2 N–H and O–H groups in total. The smallest absolute Gasteiger partial charge is 0.306 e. The van der Waals surface area contributed by atoms with Gasteiger partial charge in [-0.3, -0.25) is 4.79 Å². The van der Waals surface area contributed by atoms with Gasteiger partial charge >= 0.3 is 5.97 Å². The zero-order valence-electron chi connectivity index (χ0n) is 10.3. The normalized spacial score (nSPS) is 21.6. The van der Waals surface area contributed by atoms with Crippen LogP contribution in [0.5, 0.6) is 0 Å². The molecule has 1 aromatic carbocycles. The molecule has 98 valence electrons. The van der Waals surface area contributed by atoms with E-state index in [9.17, 15) is 9.90 Å². The van der Waals surface area contributed by atoms with Gasteiger partial charge in [-0.25, -0.2) is 0 Å². The highest BCUT2D eigenvalue weighted by Gasteiger charge is 2.30. The number of nitrogens with zero attached hydrogens (tertiary/aromatic N) is 1. The van der Waals surface area contributed by atoms with Crippen molar-refractivity contribution in [2.45, 2.75) is 37.8 Å². The summed E-state index contributed by atoms with van der Waals surface area (Å²) in [7, 11) is 0. The van der Waals surface area contributed by atoms with Crippen LogP contribution in [0.3, 0.4) is 0 Å². The Hall–Kier alpha value is -1.55. The Morgan fingerprint density at radius 1 is 1.33 bits per heavy atom. The van der Waals surface area contributed by atoms with Crippen LogP contribution in [0.25, 0.3) is 0 Å². The SMILES string of the molecule is O=C(O)CC(O)C1CCCCN1c1ccccc1. The molecule has 0 aliphatic carbocycles. The predicted molar refractivity (Wildman–Crippen MR) is 69.7 cm³/mol. The van der Waals surface area contributed by atoms with Gasteiger partial charge in [0.2, 0.25) is 0 Å². The Kier molecular flexibility index (Phi) is 4.20. The number of hydrogen-bond acceptors (Lipinski definition) is 3. The molecule has 18 heavy (non-hydrogen) atoms. The number of aliphatic hydroxyl groups is 1. The fourth-order valence-corrected chi connectivity index (χ4v) is 2.61. The molecule has 4 nitrogen and oxygen atoms in total. The van der Waals surface area contributed by atoms with Gasteiger partial charge in [-0.05, 0) is 31.4 Å². The molecular weight excluding hydrogens is 230 g/mol. The third-order valence-electron chi connectivity index (χ3n) is 3.46. The van der Waals surface area contributed by atoms with Gasteiger partial charge in [-0.15, -0.1) is 0 Å². The van der Waals surface area contributed by atoms with Crippen molar-refractivity contribution in [3.05, 3.63) is 30.3 Å². The summed E-state index contributed by atoms with van der Waals surface area (Å²) < 4.78 is 0. The number of benzene rings is 1. The van der Waals surface area contributed by atoms with Crippen LogP contribution in [0.4, 0.5) is 5.69 Å². The molecule has 0 bridgehead atoms. The number of piperidine rings is 1. The molecule has 2 unspecified atom stereocenters. The standard InChI is InChI=1S/C14H19NO3/c16-13(10-14(17)18)12-8-4-5-9-15(12)11-6-2-1-3-7-11/h1-3,6-7,12-13,16H,4-5,8-10H2,(H,17,18). The number of anilines is 1. The number of carboxylic acid groups (broad SMARTS) is 1. The second kappa shape index (κ2) is 5.87. The van der Waals surface area contributed by atoms with Crippen LogP contribution >= 0.6 is 0 Å². The van der Waals surface area contributed by atoms with E-state index in [2.05, 4.69) is 4.90 Å². The second-order valence-electron chi connectivity index (χ2n) is 4.76. The third-order valence-corrected chi connectivity index (χ3v) is 3.46. The molecule has 1 heterocycles. The van der Waals surface area contributed by atoms with Gasteiger partial charge in [0.25, 0.3) is 0 Å². The lowest BCUT2D eigenvalue weighted by atomic mass is 9.95. The van der Waals surface area contributed by atoms with Crippen LogP contribution < -0.4 is 4.90 Å². The molecule has 1 aromatic rings. The zero-order chi connectivity index (χ0) is 13.0. The minimum Gasteiger partial charge on any atom is -0.481 e. The summed E-state index contributed by atoms with van der Waals surface area (Å²) in [6.07, 6.45) is 2.00. The highest BCUT2D eigenvalue weighted by Crippen LogP contribution is 2.27. The van der Waals surface area contributed by atoms with E-state index in [0.29, 0.717) is 0 Å². The Morgan fingerprint density at radius 2 is 2.06 bits per heavy atom. The van der Waals surface area contributed by atoms with Crippen molar-refractivity contribution in [3.8, 4) is 0 Å². The quantitative estimate of drug-likeness (QED) is 0.855. The van der Waals surface area contributed by atoms with Crippen molar-refractivity contribution >= 4 is 11.7 Å². The number of rotatable bonds is 4. The Balaban J connectivity index is 2.13. The fourth-order valence-electron chi connectivity index (χ4n) is 2.61. The van der Waals surface area contributed by atoms with Gasteiger partial charge in [0, 0.05) is 12.2 Å². The van der Waals surface area contributed by atoms with Gasteiger partial charge in [-0.1, -0.05) is 18.2 Å².